The average molecular weight is 156 g/mol. The van der Waals surface area contributed by atoms with Gasteiger partial charge in [0, 0.05) is 6.07 Å². The summed E-state index contributed by atoms with van der Waals surface area (Å²) < 4.78 is 14.5. The quantitative estimate of drug-likeness (QED) is 0.660. The van der Waals surface area contributed by atoms with E-state index >= 15 is 0 Å². The van der Waals surface area contributed by atoms with Gasteiger partial charge in [0.1, 0.15) is 5.75 Å². The minimum atomic E-state index is -2.56. The van der Waals surface area contributed by atoms with Crippen molar-refractivity contribution in [3.63, 3.8) is 0 Å². The Morgan fingerprint density at radius 1 is 1.60 bits per heavy atom. The van der Waals surface area contributed by atoms with E-state index in [1.165, 1.54) is 0 Å². The van der Waals surface area contributed by atoms with E-state index < -0.39 is 8.25 Å². The van der Waals surface area contributed by atoms with E-state index in [1.54, 1.807) is 24.3 Å². The molecular weight excluding hydrogens is 151 g/mol. The van der Waals surface area contributed by atoms with Crippen LogP contribution in [0.3, 0.4) is 0 Å². The fourth-order valence-corrected chi connectivity index (χ4v) is 0.800. The molecule has 10 heavy (non-hydrogen) atoms. The highest BCUT2D eigenvalue weighted by atomic mass is 31.1. The lowest BCUT2D eigenvalue weighted by atomic mass is 10.3. The molecule has 0 aliphatic rings. The summed E-state index contributed by atoms with van der Waals surface area (Å²) in [5.74, 6) is 0.283. The largest absolute Gasteiger partial charge is 0.426 e. The van der Waals surface area contributed by atoms with Crippen LogP contribution in [0.5, 0.6) is 5.75 Å². The second kappa shape index (κ2) is 3.30. The summed E-state index contributed by atoms with van der Waals surface area (Å²) in [4.78, 5) is 8.27. The smallest absolute Gasteiger partial charge is 0.397 e. The van der Waals surface area contributed by atoms with Gasteiger partial charge in [-0.25, -0.2) is 4.57 Å². The van der Waals surface area contributed by atoms with E-state index in [1.807, 2.05) is 0 Å². The molecule has 1 N–H and O–H groups in total. The Balaban J connectivity index is 2.67. The van der Waals surface area contributed by atoms with Crippen molar-refractivity contribution in [1.82, 2.24) is 0 Å². The van der Waals surface area contributed by atoms with Gasteiger partial charge in [-0.1, -0.05) is 18.2 Å². The molecule has 3 nitrogen and oxygen atoms in total. The van der Waals surface area contributed by atoms with Gasteiger partial charge in [0.05, 0.1) is 0 Å². The predicted molar refractivity (Wildman–Crippen MR) is 35.7 cm³/mol. The van der Waals surface area contributed by atoms with Crippen molar-refractivity contribution in [2.75, 3.05) is 0 Å². The first kappa shape index (κ1) is 7.19. The van der Waals surface area contributed by atoms with Crippen molar-refractivity contribution in [3.05, 3.63) is 30.3 Å². The monoisotopic (exact) mass is 156 g/mol. The fourth-order valence-electron chi connectivity index (χ4n) is 0.518. The second-order valence-electron chi connectivity index (χ2n) is 1.56. The number of rotatable bonds is 2. The zero-order valence-corrected chi connectivity index (χ0v) is 5.91. The van der Waals surface area contributed by atoms with Crippen LogP contribution in [0.15, 0.2) is 24.3 Å². The molecule has 0 saturated heterocycles. The summed E-state index contributed by atoms with van der Waals surface area (Å²) in [7, 11) is -2.56. The highest BCUT2D eigenvalue weighted by Gasteiger charge is 1.95. The SMILES string of the molecule is O=[P](O)Oc1[c]cccc1. The lowest BCUT2D eigenvalue weighted by molar-refractivity contribution is 0.410. The maximum absolute atomic E-state index is 10.1. The third-order valence-corrected chi connectivity index (χ3v) is 1.21. The van der Waals surface area contributed by atoms with Crippen LogP contribution < -0.4 is 4.52 Å². The van der Waals surface area contributed by atoms with Gasteiger partial charge >= 0.3 is 8.25 Å². The summed E-state index contributed by atoms with van der Waals surface area (Å²) >= 11 is 0. The Hall–Kier alpha value is -0.920. The molecular formula is C6H5O3P. The Kier molecular flexibility index (Phi) is 2.37. The van der Waals surface area contributed by atoms with E-state index in [0.717, 1.165) is 0 Å². The van der Waals surface area contributed by atoms with E-state index in [0.29, 0.717) is 0 Å². The minimum Gasteiger partial charge on any atom is -0.397 e. The number of hydrogen-bond acceptors (Lipinski definition) is 2. The maximum atomic E-state index is 10.1. The molecule has 0 bridgehead atoms. The van der Waals surface area contributed by atoms with Gasteiger partial charge < -0.3 is 4.52 Å². The normalized spacial score (nSPS) is 10.7. The van der Waals surface area contributed by atoms with Crippen LogP contribution in [-0.2, 0) is 4.57 Å². The summed E-state index contributed by atoms with van der Waals surface area (Å²) in [6.45, 7) is 0. The second-order valence-corrected chi connectivity index (χ2v) is 2.21. The van der Waals surface area contributed by atoms with Gasteiger partial charge in [-0.05, 0) is 6.07 Å². The first-order chi connectivity index (χ1) is 4.79. The van der Waals surface area contributed by atoms with Crippen LogP contribution in [0, 0.1) is 6.07 Å². The van der Waals surface area contributed by atoms with Crippen molar-refractivity contribution in [2.24, 2.45) is 0 Å². The van der Waals surface area contributed by atoms with E-state index in [2.05, 4.69) is 10.6 Å². The van der Waals surface area contributed by atoms with E-state index in [-0.39, 0.29) is 5.75 Å². The number of para-hydroxylation sites is 1. The van der Waals surface area contributed by atoms with Gasteiger partial charge in [-0.15, -0.1) is 0 Å². The highest BCUT2D eigenvalue weighted by molar-refractivity contribution is 7.32. The number of benzene rings is 1. The van der Waals surface area contributed by atoms with Crippen molar-refractivity contribution in [1.29, 1.82) is 0 Å². The number of hydrogen-bond donors (Lipinski definition) is 1. The Morgan fingerprint density at radius 2 is 2.40 bits per heavy atom. The van der Waals surface area contributed by atoms with E-state index in [9.17, 15) is 4.57 Å². The standard InChI is InChI=1S/C6H5O3P/c7-10(8)9-6-4-2-1-3-5-6/h1-4H,(H,7,8). The first-order valence-corrected chi connectivity index (χ1v) is 3.73. The van der Waals surface area contributed by atoms with Crippen LogP contribution in [0.4, 0.5) is 0 Å². The van der Waals surface area contributed by atoms with Gasteiger partial charge in [0.15, 0.2) is 0 Å². The molecule has 4 heteroatoms. The third kappa shape index (κ3) is 2.13. The van der Waals surface area contributed by atoms with Gasteiger partial charge in [0.2, 0.25) is 0 Å². The Morgan fingerprint density at radius 3 is 2.90 bits per heavy atom. The fraction of sp³-hybridized carbons (Fsp3) is 0. The van der Waals surface area contributed by atoms with Crippen LogP contribution in [0.1, 0.15) is 0 Å². The zero-order chi connectivity index (χ0) is 7.40. The van der Waals surface area contributed by atoms with Gasteiger partial charge in [0.25, 0.3) is 0 Å². The zero-order valence-electron chi connectivity index (χ0n) is 5.02. The molecule has 1 aromatic carbocycles. The highest BCUT2D eigenvalue weighted by Crippen LogP contribution is 2.20. The molecule has 0 aromatic heterocycles. The topological polar surface area (TPSA) is 46.5 Å². The summed E-state index contributed by atoms with van der Waals surface area (Å²) in [6, 6.07) is 9.24. The Labute approximate surface area is 59.2 Å². The van der Waals surface area contributed by atoms with Gasteiger partial charge in [-0.2, -0.15) is 0 Å². The molecule has 0 fully saturated rings. The Bertz CT molecular complexity index is 222. The molecule has 1 unspecified atom stereocenters. The molecule has 2 radical (unpaired) electrons. The van der Waals surface area contributed by atoms with Crippen molar-refractivity contribution in [2.45, 2.75) is 0 Å². The van der Waals surface area contributed by atoms with Crippen LogP contribution in [0.2, 0.25) is 0 Å². The van der Waals surface area contributed by atoms with E-state index in [4.69, 9.17) is 4.89 Å². The summed E-state index contributed by atoms with van der Waals surface area (Å²) in [6.07, 6.45) is 0. The molecule has 52 valence electrons. The van der Waals surface area contributed by atoms with Gasteiger partial charge in [-0.3, -0.25) is 4.89 Å². The first-order valence-electron chi connectivity index (χ1n) is 2.60. The van der Waals surface area contributed by atoms with Crippen molar-refractivity contribution < 1.29 is 14.0 Å². The van der Waals surface area contributed by atoms with Crippen molar-refractivity contribution in [3.8, 4) is 5.75 Å². The molecule has 0 heterocycles. The molecule has 0 aliphatic carbocycles. The minimum absolute atomic E-state index is 0.283. The predicted octanol–water partition coefficient (Wildman–Crippen LogP) is 1.52. The molecule has 1 aromatic rings. The van der Waals surface area contributed by atoms with Crippen molar-refractivity contribution >= 4 is 8.25 Å². The molecule has 0 amide bonds. The molecule has 0 aliphatic heterocycles. The molecule has 0 saturated carbocycles. The van der Waals surface area contributed by atoms with Crippen LogP contribution >= 0.6 is 8.25 Å². The molecule has 0 spiro atoms. The van der Waals surface area contributed by atoms with Crippen LogP contribution in [0.25, 0.3) is 0 Å². The average Bonchev–Trinajstić information content (AvgIpc) is 1.88. The lowest BCUT2D eigenvalue weighted by Crippen LogP contribution is -1.77. The molecule has 1 rings (SSSR count). The van der Waals surface area contributed by atoms with Crippen LogP contribution in [-0.4, -0.2) is 4.89 Å². The summed E-state index contributed by atoms with van der Waals surface area (Å²) in [5.41, 5.74) is 0. The summed E-state index contributed by atoms with van der Waals surface area (Å²) in [5, 5.41) is 0. The lowest BCUT2D eigenvalue weighted by Gasteiger charge is -1.95. The maximum Gasteiger partial charge on any atom is 0.426 e. The molecule has 1 atom stereocenters. The third-order valence-electron chi connectivity index (χ3n) is 0.857.